The molecule has 1 aromatic heterocycles. The lowest BCUT2D eigenvalue weighted by Crippen LogP contribution is -2.29. The lowest BCUT2D eigenvalue weighted by atomic mass is 10.3. The third-order valence-electron chi connectivity index (χ3n) is 3.54. The number of nitrogens with zero attached hydrogens (tertiary/aromatic N) is 2. The Labute approximate surface area is 117 Å². The van der Waals surface area contributed by atoms with Gasteiger partial charge in [0.2, 0.25) is 0 Å². The Morgan fingerprint density at radius 3 is 2.05 bits per heavy atom. The summed E-state index contributed by atoms with van der Waals surface area (Å²) in [4.78, 5) is 4.83. The summed E-state index contributed by atoms with van der Waals surface area (Å²) in [5.74, 6) is 1.59. The van der Waals surface area contributed by atoms with E-state index in [-0.39, 0.29) is 6.61 Å². The SMILES string of the molecule is CCN(CC)CCCN(CC)Cc1ccc(CO)o1. The van der Waals surface area contributed by atoms with Crippen molar-refractivity contribution < 1.29 is 9.52 Å². The molecule has 0 aliphatic heterocycles. The Morgan fingerprint density at radius 1 is 0.947 bits per heavy atom. The van der Waals surface area contributed by atoms with Gasteiger partial charge < -0.3 is 14.4 Å². The van der Waals surface area contributed by atoms with Crippen molar-refractivity contribution in [2.45, 2.75) is 40.3 Å². The molecule has 0 unspecified atom stereocenters. The van der Waals surface area contributed by atoms with Crippen LogP contribution in [0.1, 0.15) is 38.7 Å². The molecule has 0 atom stereocenters. The molecule has 4 heteroatoms. The van der Waals surface area contributed by atoms with Crippen LogP contribution in [-0.4, -0.2) is 47.6 Å². The van der Waals surface area contributed by atoms with Crippen LogP contribution < -0.4 is 0 Å². The average molecular weight is 268 g/mol. The predicted octanol–water partition coefficient (Wildman–Crippen LogP) is 2.33. The molecule has 0 saturated carbocycles. The zero-order valence-electron chi connectivity index (χ0n) is 12.6. The lowest BCUT2D eigenvalue weighted by Gasteiger charge is -2.22. The van der Waals surface area contributed by atoms with E-state index in [0.717, 1.165) is 45.0 Å². The summed E-state index contributed by atoms with van der Waals surface area (Å²) in [6.45, 7) is 12.9. The van der Waals surface area contributed by atoms with Gasteiger partial charge in [0.1, 0.15) is 18.1 Å². The second-order valence-corrected chi connectivity index (χ2v) is 4.78. The zero-order valence-corrected chi connectivity index (χ0v) is 12.6. The summed E-state index contributed by atoms with van der Waals surface area (Å²) < 4.78 is 5.53. The Kier molecular flexibility index (Phi) is 7.79. The molecule has 0 fully saturated rings. The second-order valence-electron chi connectivity index (χ2n) is 4.78. The second kappa shape index (κ2) is 9.13. The van der Waals surface area contributed by atoms with Crippen LogP contribution in [0, 0.1) is 0 Å². The number of rotatable bonds is 10. The molecule has 0 radical (unpaired) electrons. The molecule has 0 aliphatic carbocycles. The normalized spacial score (nSPS) is 11.7. The fourth-order valence-electron chi connectivity index (χ4n) is 2.22. The monoisotopic (exact) mass is 268 g/mol. The summed E-state index contributed by atoms with van der Waals surface area (Å²) >= 11 is 0. The quantitative estimate of drug-likeness (QED) is 0.707. The Hall–Kier alpha value is -0.840. The van der Waals surface area contributed by atoms with Crippen molar-refractivity contribution in [2.24, 2.45) is 0 Å². The van der Waals surface area contributed by atoms with Crippen molar-refractivity contribution in [3.05, 3.63) is 23.7 Å². The Bertz CT molecular complexity index is 335. The first-order valence-electron chi connectivity index (χ1n) is 7.36. The highest BCUT2D eigenvalue weighted by molar-refractivity contribution is 5.06. The van der Waals surface area contributed by atoms with E-state index in [1.54, 1.807) is 0 Å². The number of hydrogen-bond donors (Lipinski definition) is 1. The molecule has 110 valence electrons. The maximum absolute atomic E-state index is 8.99. The number of furan rings is 1. The van der Waals surface area contributed by atoms with E-state index < -0.39 is 0 Å². The largest absolute Gasteiger partial charge is 0.462 e. The molecule has 0 bridgehead atoms. The Morgan fingerprint density at radius 2 is 1.53 bits per heavy atom. The van der Waals surface area contributed by atoms with Crippen LogP contribution in [0.25, 0.3) is 0 Å². The minimum atomic E-state index is -0.0198. The molecule has 1 aromatic rings. The summed E-state index contributed by atoms with van der Waals surface area (Å²) in [5, 5.41) is 8.99. The maximum atomic E-state index is 8.99. The van der Waals surface area contributed by atoms with Gasteiger partial charge in [-0.25, -0.2) is 0 Å². The molecule has 0 aliphatic rings. The molecule has 0 spiro atoms. The van der Waals surface area contributed by atoms with Crippen molar-refractivity contribution >= 4 is 0 Å². The first kappa shape index (κ1) is 16.2. The van der Waals surface area contributed by atoms with E-state index >= 15 is 0 Å². The van der Waals surface area contributed by atoms with Crippen molar-refractivity contribution in [1.29, 1.82) is 0 Å². The molecule has 1 N–H and O–H groups in total. The van der Waals surface area contributed by atoms with Gasteiger partial charge in [0.15, 0.2) is 0 Å². The van der Waals surface area contributed by atoms with Crippen LogP contribution in [0.5, 0.6) is 0 Å². The first-order chi connectivity index (χ1) is 9.23. The van der Waals surface area contributed by atoms with Crippen molar-refractivity contribution in [3.8, 4) is 0 Å². The summed E-state index contributed by atoms with van der Waals surface area (Å²) in [6, 6.07) is 3.80. The molecule has 19 heavy (non-hydrogen) atoms. The predicted molar refractivity (Wildman–Crippen MR) is 78.0 cm³/mol. The van der Waals surface area contributed by atoms with Gasteiger partial charge in [-0.1, -0.05) is 20.8 Å². The molecular formula is C15H28N2O2. The van der Waals surface area contributed by atoms with Gasteiger partial charge in [0.05, 0.1) is 6.54 Å². The van der Waals surface area contributed by atoms with Crippen molar-refractivity contribution in [3.63, 3.8) is 0 Å². The van der Waals surface area contributed by atoms with Crippen LogP contribution in [-0.2, 0) is 13.2 Å². The topological polar surface area (TPSA) is 39.9 Å². The highest BCUT2D eigenvalue weighted by Gasteiger charge is 2.08. The van der Waals surface area contributed by atoms with Crippen molar-refractivity contribution in [2.75, 3.05) is 32.7 Å². The third kappa shape index (κ3) is 5.76. The van der Waals surface area contributed by atoms with E-state index in [4.69, 9.17) is 9.52 Å². The lowest BCUT2D eigenvalue weighted by molar-refractivity contribution is 0.212. The van der Waals surface area contributed by atoms with Crippen LogP contribution >= 0.6 is 0 Å². The van der Waals surface area contributed by atoms with Gasteiger partial charge in [-0.15, -0.1) is 0 Å². The van der Waals surface area contributed by atoms with Gasteiger partial charge >= 0.3 is 0 Å². The molecular weight excluding hydrogens is 240 g/mol. The fraction of sp³-hybridized carbons (Fsp3) is 0.733. The number of aliphatic hydroxyl groups is 1. The molecule has 1 rings (SSSR count). The highest BCUT2D eigenvalue weighted by Crippen LogP contribution is 2.11. The minimum Gasteiger partial charge on any atom is -0.462 e. The number of aliphatic hydroxyl groups excluding tert-OH is 1. The van der Waals surface area contributed by atoms with E-state index in [1.165, 1.54) is 6.42 Å². The minimum absolute atomic E-state index is 0.0198. The van der Waals surface area contributed by atoms with Gasteiger partial charge in [-0.05, 0) is 51.3 Å². The van der Waals surface area contributed by atoms with E-state index in [0.29, 0.717) is 5.76 Å². The molecule has 0 aromatic carbocycles. The standard InChI is InChI=1S/C15H28N2O2/c1-4-16(5-2)10-7-11-17(6-3)12-14-8-9-15(13-18)19-14/h8-9,18H,4-7,10-13H2,1-3H3. The van der Waals surface area contributed by atoms with Gasteiger partial charge in [0, 0.05) is 0 Å². The maximum Gasteiger partial charge on any atom is 0.129 e. The van der Waals surface area contributed by atoms with Gasteiger partial charge in [0.25, 0.3) is 0 Å². The zero-order chi connectivity index (χ0) is 14.1. The molecule has 0 amide bonds. The van der Waals surface area contributed by atoms with E-state index in [2.05, 4.69) is 30.6 Å². The van der Waals surface area contributed by atoms with Crippen LogP contribution in [0.3, 0.4) is 0 Å². The summed E-state index contributed by atoms with van der Waals surface area (Å²) in [5.41, 5.74) is 0. The summed E-state index contributed by atoms with van der Waals surface area (Å²) in [6.07, 6.45) is 1.18. The van der Waals surface area contributed by atoms with Crippen LogP contribution in [0.15, 0.2) is 16.5 Å². The van der Waals surface area contributed by atoms with E-state index in [1.807, 2.05) is 12.1 Å². The summed E-state index contributed by atoms with van der Waals surface area (Å²) in [7, 11) is 0. The number of hydrogen-bond acceptors (Lipinski definition) is 4. The Balaban J connectivity index is 2.33. The fourth-order valence-corrected chi connectivity index (χ4v) is 2.22. The van der Waals surface area contributed by atoms with Crippen molar-refractivity contribution in [1.82, 2.24) is 9.80 Å². The third-order valence-corrected chi connectivity index (χ3v) is 3.54. The van der Waals surface area contributed by atoms with Crippen LogP contribution in [0.4, 0.5) is 0 Å². The smallest absolute Gasteiger partial charge is 0.129 e. The van der Waals surface area contributed by atoms with Crippen LogP contribution in [0.2, 0.25) is 0 Å². The molecule has 0 saturated heterocycles. The van der Waals surface area contributed by atoms with E-state index in [9.17, 15) is 0 Å². The van der Waals surface area contributed by atoms with Gasteiger partial charge in [-0.3, -0.25) is 4.90 Å². The average Bonchev–Trinajstić information content (AvgIpc) is 2.90. The van der Waals surface area contributed by atoms with Gasteiger partial charge in [-0.2, -0.15) is 0 Å². The highest BCUT2D eigenvalue weighted by atomic mass is 16.4. The first-order valence-corrected chi connectivity index (χ1v) is 7.36. The molecule has 4 nitrogen and oxygen atoms in total. The molecule has 1 heterocycles.